The minimum Gasteiger partial charge on any atom is -0.372 e. The molecule has 2 N–H and O–H groups in total. The Hall–Kier alpha value is -1.75. The number of rotatable bonds is 7. The van der Waals surface area contributed by atoms with Crippen molar-refractivity contribution in [2.24, 2.45) is 10.9 Å². The second-order valence-electron chi connectivity index (χ2n) is 8.76. The normalized spacial score (nSPS) is 24.6. The van der Waals surface area contributed by atoms with Gasteiger partial charge in [-0.05, 0) is 76.1 Å². The molecule has 3 aliphatic rings. The van der Waals surface area contributed by atoms with Gasteiger partial charge in [-0.3, -0.25) is 4.99 Å². The largest absolute Gasteiger partial charge is 0.372 e. The standard InChI is InChI=1S/C23H37N5/c1-3-24-23(25-16-19-11-14-28(17-19)21-9-10-21)26-18(2)20-7-6-8-22(15-20)27-12-4-5-13-27/h6-8,15,18-19,21H,3-5,9-14,16-17H2,1-2H3,(H2,24,25,26). The molecule has 3 fully saturated rings. The maximum Gasteiger partial charge on any atom is 0.191 e. The molecule has 1 aromatic rings. The van der Waals surface area contributed by atoms with Gasteiger partial charge in [0.2, 0.25) is 0 Å². The van der Waals surface area contributed by atoms with E-state index in [4.69, 9.17) is 4.99 Å². The molecule has 5 heteroatoms. The van der Waals surface area contributed by atoms with Crippen LogP contribution in [0.3, 0.4) is 0 Å². The molecule has 0 amide bonds. The first-order valence-corrected chi connectivity index (χ1v) is 11.4. The van der Waals surface area contributed by atoms with Crippen LogP contribution in [0.1, 0.15) is 57.6 Å². The molecule has 2 heterocycles. The minimum atomic E-state index is 0.242. The van der Waals surface area contributed by atoms with Crippen molar-refractivity contribution in [3.8, 4) is 0 Å². The number of guanidine groups is 1. The van der Waals surface area contributed by atoms with Crippen LogP contribution in [0.2, 0.25) is 0 Å². The van der Waals surface area contributed by atoms with E-state index in [9.17, 15) is 0 Å². The van der Waals surface area contributed by atoms with Gasteiger partial charge < -0.3 is 20.4 Å². The van der Waals surface area contributed by atoms with E-state index in [0.29, 0.717) is 5.92 Å². The van der Waals surface area contributed by atoms with E-state index < -0.39 is 0 Å². The number of nitrogens with one attached hydrogen (secondary N) is 2. The zero-order valence-corrected chi connectivity index (χ0v) is 17.7. The van der Waals surface area contributed by atoms with Crippen LogP contribution in [0, 0.1) is 5.92 Å². The van der Waals surface area contributed by atoms with Crippen molar-refractivity contribution in [1.29, 1.82) is 0 Å². The highest BCUT2D eigenvalue weighted by atomic mass is 15.2. The second kappa shape index (κ2) is 9.17. The number of likely N-dealkylation sites (tertiary alicyclic amines) is 1. The maximum absolute atomic E-state index is 4.93. The van der Waals surface area contributed by atoms with E-state index in [1.54, 1.807) is 0 Å². The molecule has 2 unspecified atom stereocenters. The molecule has 2 aliphatic heterocycles. The van der Waals surface area contributed by atoms with Crippen LogP contribution in [-0.2, 0) is 0 Å². The topological polar surface area (TPSA) is 42.9 Å². The summed E-state index contributed by atoms with van der Waals surface area (Å²) in [6, 6.07) is 10.1. The summed E-state index contributed by atoms with van der Waals surface area (Å²) >= 11 is 0. The smallest absolute Gasteiger partial charge is 0.191 e. The Bertz CT molecular complexity index is 663. The lowest BCUT2D eigenvalue weighted by Crippen LogP contribution is -2.39. The molecule has 2 atom stereocenters. The first-order valence-electron chi connectivity index (χ1n) is 11.4. The molecule has 0 radical (unpaired) electrons. The summed E-state index contributed by atoms with van der Waals surface area (Å²) in [6.45, 7) is 11.1. The lowest BCUT2D eigenvalue weighted by atomic mass is 10.1. The summed E-state index contributed by atoms with van der Waals surface area (Å²) < 4.78 is 0. The number of benzene rings is 1. The summed E-state index contributed by atoms with van der Waals surface area (Å²) in [4.78, 5) is 10.1. The second-order valence-corrected chi connectivity index (χ2v) is 8.76. The Labute approximate surface area is 170 Å². The van der Waals surface area contributed by atoms with E-state index >= 15 is 0 Å². The van der Waals surface area contributed by atoms with Crippen molar-refractivity contribution in [1.82, 2.24) is 15.5 Å². The molecular weight excluding hydrogens is 346 g/mol. The van der Waals surface area contributed by atoms with Crippen molar-refractivity contribution < 1.29 is 0 Å². The van der Waals surface area contributed by atoms with Crippen LogP contribution >= 0.6 is 0 Å². The molecule has 2 saturated heterocycles. The molecule has 1 aromatic carbocycles. The van der Waals surface area contributed by atoms with Crippen molar-refractivity contribution >= 4 is 11.6 Å². The van der Waals surface area contributed by atoms with Gasteiger partial charge in [-0.2, -0.15) is 0 Å². The Balaban J connectivity index is 1.34. The number of nitrogens with zero attached hydrogens (tertiary/aromatic N) is 3. The maximum atomic E-state index is 4.93. The molecular formula is C23H37N5. The van der Waals surface area contributed by atoms with E-state index in [-0.39, 0.29) is 6.04 Å². The quantitative estimate of drug-likeness (QED) is 0.560. The fraction of sp³-hybridized carbons (Fsp3) is 0.696. The number of hydrogen-bond donors (Lipinski definition) is 2. The Morgan fingerprint density at radius 3 is 2.75 bits per heavy atom. The first-order chi connectivity index (χ1) is 13.7. The van der Waals surface area contributed by atoms with E-state index in [0.717, 1.165) is 25.1 Å². The number of hydrogen-bond acceptors (Lipinski definition) is 3. The number of anilines is 1. The van der Waals surface area contributed by atoms with Gasteiger partial charge in [-0.15, -0.1) is 0 Å². The van der Waals surface area contributed by atoms with Crippen LogP contribution in [0.25, 0.3) is 0 Å². The van der Waals surface area contributed by atoms with E-state index in [1.807, 2.05) is 0 Å². The number of aliphatic imine (C=N–C) groups is 1. The SMILES string of the molecule is CCNC(=NCC1CCN(C2CC2)C1)NC(C)c1cccc(N2CCCC2)c1. The monoisotopic (exact) mass is 383 g/mol. The molecule has 0 spiro atoms. The minimum absolute atomic E-state index is 0.242. The van der Waals surface area contributed by atoms with E-state index in [1.165, 1.54) is 69.5 Å². The summed E-state index contributed by atoms with van der Waals surface area (Å²) in [5.41, 5.74) is 2.69. The van der Waals surface area contributed by atoms with Gasteiger partial charge in [-0.1, -0.05) is 12.1 Å². The van der Waals surface area contributed by atoms with Gasteiger partial charge in [0.1, 0.15) is 0 Å². The highest BCUT2D eigenvalue weighted by molar-refractivity contribution is 5.80. The van der Waals surface area contributed by atoms with Gasteiger partial charge in [0.15, 0.2) is 5.96 Å². The third-order valence-corrected chi connectivity index (χ3v) is 6.43. The molecule has 5 nitrogen and oxygen atoms in total. The van der Waals surface area contributed by atoms with Gasteiger partial charge >= 0.3 is 0 Å². The van der Waals surface area contributed by atoms with Gasteiger partial charge in [0, 0.05) is 44.5 Å². The highest BCUT2D eigenvalue weighted by Gasteiger charge is 2.34. The van der Waals surface area contributed by atoms with Gasteiger partial charge in [-0.25, -0.2) is 0 Å². The lowest BCUT2D eigenvalue weighted by Gasteiger charge is -2.22. The van der Waals surface area contributed by atoms with Crippen LogP contribution in [0.15, 0.2) is 29.3 Å². The Morgan fingerprint density at radius 1 is 1.18 bits per heavy atom. The summed E-state index contributed by atoms with van der Waals surface area (Å²) in [7, 11) is 0. The average molecular weight is 384 g/mol. The summed E-state index contributed by atoms with van der Waals surface area (Å²) in [5.74, 6) is 1.66. The molecule has 0 bridgehead atoms. The Morgan fingerprint density at radius 2 is 2.00 bits per heavy atom. The third kappa shape index (κ3) is 4.99. The van der Waals surface area contributed by atoms with Gasteiger partial charge in [0.05, 0.1) is 6.04 Å². The predicted octanol–water partition coefficient (Wildman–Crippen LogP) is 3.39. The van der Waals surface area contributed by atoms with Crippen LogP contribution < -0.4 is 15.5 Å². The summed E-state index contributed by atoms with van der Waals surface area (Å²) in [5, 5.41) is 7.07. The van der Waals surface area contributed by atoms with E-state index in [2.05, 4.69) is 58.5 Å². The van der Waals surface area contributed by atoms with Crippen molar-refractivity contribution in [3.05, 3.63) is 29.8 Å². The zero-order valence-electron chi connectivity index (χ0n) is 17.7. The summed E-state index contributed by atoms with van der Waals surface area (Å²) in [6.07, 6.45) is 6.75. The van der Waals surface area contributed by atoms with Crippen LogP contribution in [-0.4, -0.2) is 56.2 Å². The molecule has 4 rings (SSSR count). The fourth-order valence-electron chi connectivity index (χ4n) is 4.58. The molecule has 1 saturated carbocycles. The molecule has 0 aromatic heterocycles. The van der Waals surface area contributed by atoms with Crippen LogP contribution in [0.5, 0.6) is 0 Å². The fourth-order valence-corrected chi connectivity index (χ4v) is 4.58. The third-order valence-electron chi connectivity index (χ3n) is 6.43. The van der Waals surface area contributed by atoms with Gasteiger partial charge in [0.25, 0.3) is 0 Å². The molecule has 154 valence electrons. The first kappa shape index (κ1) is 19.6. The zero-order chi connectivity index (χ0) is 19.3. The Kier molecular flexibility index (Phi) is 6.40. The highest BCUT2D eigenvalue weighted by Crippen LogP contribution is 2.31. The van der Waals surface area contributed by atoms with Crippen molar-refractivity contribution in [2.45, 2.75) is 58.0 Å². The molecule has 28 heavy (non-hydrogen) atoms. The average Bonchev–Trinajstić information content (AvgIpc) is 3.21. The lowest BCUT2D eigenvalue weighted by molar-refractivity contribution is 0.315. The molecule has 1 aliphatic carbocycles. The van der Waals surface area contributed by atoms with Crippen LogP contribution in [0.4, 0.5) is 5.69 Å². The predicted molar refractivity (Wildman–Crippen MR) is 118 cm³/mol. The van der Waals surface area contributed by atoms with Crippen molar-refractivity contribution in [3.63, 3.8) is 0 Å². The van der Waals surface area contributed by atoms with Crippen molar-refractivity contribution in [2.75, 3.05) is 44.2 Å².